The molecule has 0 spiro atoms. The second kappa shape index (κ2) is 6.03. The predicted octanol–water partition coefficient (Wildman–Crippen LogP) is 1.68. The van der Waals surface area contributed by atoms with E-state index in [1.54, 1.807) is 6.92 Å². The first-order chi connectivity index (χ1) is 9.02. The van der Waals surface area contributed by atoms with Crippen LogP contribution in [0.1, 0.15) is 32.6 Å². The number of amides is 2. The highest BCUT2D eigenvalue weighted by molar-refractivity contribution is 7.99. The molecule has 2 aliphatic rings. The molecular formula is C13H22N2O3S. The predicted molar refractivity (Wildman–Crippen MR) is 75.3 cm³/mol. The summed E-state index contributed by atoms with van der Waals surface area (Å²) in [7, 11) is 0. The van der Waals surface area contributed by atoms with Gasteiger partial charge >= 0.3 is 12.0 Å². The van der Waals surface area contributed by atoms with Crippen molar-refractivity contribution < 1.29 is 14.7 Å². The van der Waals surface area contributed by atoms with Crippen molar-refractivity contribution in [2.75, 3.05) is 18.1 Å². The molecule has 0 aromatic rings. The normalized spacial score (nSPS) is 23.4. The first-order valence-electron chi connectivity index (χ1n) is 6.89. The highest BCUT2D eigenvalue weighted by Gasteiger charge is 2.48. The van der Waals surface area contributed by atoms with Crippen LogP contribution in [0.2, 0.25) is 0 Å². The van der Waals surface area contributed by atoms with E-state index >= 15 is 0 Å². The van der Waals surface area contributed by atoms with Crippen LogP contribution in [0.5, 0.6) is 0 Å². The molecule has 3 N–H and O–H groups in total. The zero-order chi connectivity index (χ0) is 13.9. The van der Waals surface area contributed by atoms with E-state index in [9.17, 15) is 14.7 Å². The van der Waals surface area contributed by atoms with E-state index in [1.165, 1.54) is 0 Å². The average Bonchev–Trinajstić information content (AvgIpc) is 3.22. The number of aliphatic carboxylic acids is 1. The molecule has 0 aromatic heterocycles. The Labute approximate surface area is 117 Å². The lowest BCUT2D eigenvalue weighted by atomic mass is 9.96. The standard InChI is InChI=1S/C13H22N2O3S/c1-13(11(16)17,10-2-3-10)15-12(18)14-8-9-4-6-19-7-5-9/h9-10H,2-8H2,1H3,(H,16,17)(H2,14,15,18). The lowest BCUT2D eigenvalue weighted by molar-refractivity contribution is -0.144. The van der Waals surface area contributed by atoms with E-state index in [-0.39, 0.29) is 11.9 Å². The van der Waals surface area contributed by atoms with Crippen molar-refractivity contribution in [2.24, 2.45) is 11.8 Å². The van der Waals surface area contributed by atoms with E-state index in [0.717, 1.165) is 37.2 Å². The van der Waals surface area contributed by atoms with Crippen molar-refractivity contribution in [3.8, 4) is 0 Å². The molecule has 1 saturated heterocycles. The second-order valence-electron chi connectivity index (χ2n) is 5.67. The Hall–Kier alpha value is -0.910. The van der Waals surface area contributed by atoms with Crippen molar-refractivity contribution in [1.82, 2.24) is 10.6 Å². The third-order valence-electron chi connectivity index (χ3n) is 4.10. The van der Waals surface area contributed by atoms with Crippen LogP contribution in [0, 0.1) is 11.8 Å². The Bertz CT molecular complexity index is 354. The number of hydrogen-bond acceptors (Lipinski definition) is 3. The topological polar surface area (TPSA) is 78.4 Å². The summed E-state index contributed by atoms with van der Waals surface area (Å²) in [4.78, 5) is 23.1. The minimum atomic E-state index is -1.12. The van der Waals surface area contributed by atoms with Crippen LogP contribution >= 0.6 is 11.8 Å². The van der Waals surface area contributed by atoms with Gasteiger partial charge in [0.15, 0.2) is 0 Å². The van der Waals surface area contributed by atoms with Crippen molar-refractivity contribution in [1.29, 1.82) is 0 Å². The van der Waals surface area contributed by atoms with Crippen molar-refractivity contribution in [3.05, 3.63) is 0 Å². The van der Waals surface area contributed by atoms with E-state index in [0.29, 0.717) is 12.5 Å². The maximum Gasteiger partial charge on any atom is 0.329 e. The first kappa shape index (κ1) is 14.5. The van der Waals surface area contributed by atoms with Gasteiger partial charge in [0.2, 0.25) is 0 Å². The van der Waals surface area contributed by atoms with Gasteiger partial charge in [0, 0.05) is 6.54 Å². The molecule has 1 atom stereocenters. The van der Waals surface area contributed by atoms with Gasteiger partial charge in [0.1, 0.15) is 5.54 Å². The second-order valence-corrected chi connectivity index (χ2v) is 6.90. The van der Waals surface area contributed by atoms with Gasteiger partial charge in [-0.2, -0.15) is 11.8 Å². The van der Waals surface area contributed by atoms with Crippen LogP contribution < -0.4 is 10.6 Å². The lowest BCUT2D eigenvalue weighted by Crippen LogP contribution is -2.57. The molecule has 1 unspecified atom stereocenters. The fraction of sp³-hybridized carbons (Fsp3) is 0.846. The lowest BCUT2D eigenvalue weighted by Gasteiger charge is -2.27. The Morgan fingerprint density at radius 1 is 1.26 bits per heavy atom. The van der Waals surface area contributed by atoms with Gasteiger partial charge in [-0.3, -0.25) is 0 Å². The molecule has 5 nitrogen and oxygen atoms in total. The summed E-state index contributed by atoms with van der Waals surface area (Å²) < 4.78 is 0. The molecule has 108 valence electrons. The Morgan fingerprint density at radius 3 is 2.42 bits per heavy atom. The molecule has 0 aromatic carbocycles. The molecule has 2 rings (SSSR count). The monoisotopic (exact) mass is 286 g/mol. The Morgan fingerprint density at radius 2 is 1.89 bits per heavy atom. The largest absolute Gasteiger partial charge is 0.480 e. The fourth-order valence-corrected chi connectivity index (χ4v) is 3.66. The minimum Gasteiger partial charge on any atom is -0.480 e. The molecule has 0 bridgehead atoms. The highest BCUT2D eigenvalue weighted by Crippen LogP contribution is 2.39. The van der Waals surface area contributed by atoms with Crippen LogP contribution in [-0.2, 0) is 4.79 Å². The number of urea groups is 1. The molecule has 1 aliphatic heterocycles. The van der Waals surface area contributed by atoms with Gasteiger partial charge in [-0.15, -0.1) is 0 Å². The molecule has 1 saturated carbocycles. The number of carbonyl (C=O) groups is 2. The van der Waals surface area contributed by atoms with Gasteiger partial charge in [-0.05, 0) is 55.9 Å². The van der Waals surface area contributed by atoms with Gasteiger partial charge < -0.3 is 15.7 Å². The highest BCUT2D eigenvalue weighted by atomic mass is 32.2. The number of carboxylic acids is 1. The number of hydrogen-bond donors (Lipinski definition) is 3. The van der Waals surface area contributed by atoms with E-state index < -0.39 is 11.5 Å². The number of carboxylic acid groups (broad SMARTS) is 1. The van der Waals surface area contributed by atoms with E-state index in [2.05, 4.69) is 10.6 Å². The average molecular weight is 286 g/mol. The van der Waals surface area contributed by atoms with Gasteiger partial charge in [0.05, 0.1) is 0 Å². The van der Waals surface area contributed by atoms with Gasteiger partial charge in [-0.25, -0.2) is 9.59 Å². The first-order valence-corrected chi connectivity index (χ1v) is 8.05. The van der Waals surface area contributed by atoms with Crippen LogP contribution in [0.15, 0.2) is 0 Å². The summed E-state index contributed by atoms with van der Waals surface area (Å²) in [6, 6.07) is -0.352. The smallest absolute Gasteiger partial charge is 0.329 e. The summed E-state index contributed by atoms with van der Waals surface area (Å²) in [6.07, 6.45) is 4.01. The molecular weight excluding hydrogens is 264 g/mol. The van der Waals surface area contributed by atoms with Crippen molar-refractivity contribution >= 4 is 23.8 Å². The molecule has 1 heterocycles. The zero-order valence-electron chi connectivity index (χ0n) is 11.3. The molecule has 19 heavy (non-hydrogen) atoms. The van der Waals surface area contributed by atoms with E-state index in [4.69, 9.17) is 0 Å². The summed E-state index contributed by atoms with van der Waals surface area (Å²) >= 11 is 1.95. The number of rotatable bonds is 5. The summed E-state index contributed by atoms with van der Waals surface area (Å²) in [5.74, 6) is 1.97. The fourth-order valence-electron chi connectivity index (χ4n) is 2.46. The number of thioether (sulfide) groups is 1. The summed E-state index contributed by atoms with van der Waals surface area (Å²) in [6.45, 7) is 2.25. The molecule has 1 aliphatic carbocycles. The maximum absolute atomic E-state index is 11.8. The van der Waals surface area contributed by atoms with Crippen LogP contribution in [-0.4, -0.2) is 40.7 Å². The molecule has 0 radical (unpaired) electrons. The molecule has 2 amide bonds. The third-order valence-corrected chi connectivity index (χ3v) is 5.15. The van der Waals surface area contributed by atoms with Crippen LogP contribution in [0.4, 0.5) is 4.79 Å². The maximum atomic E-state index is 11.8. The van der Waals surface area contributed by atoms with Crippen LogP contribution in [0.3, 0.4) is 0 Å². The Balaban J connectivity index is 1.77. The Kier molecular flexibility index (Phi) is 4.60. The number of nitrogens with one attached hydrogen (secondary N) is 2. The van der Waals surface area contributed by atoms with Crippen LogP contribution in [0.25, 0.3) is 0 Å². The van der Waals surface area contributed by atoms with Crippen molar-refractivity contribution in [2.45, 2.75) is 38.1 Å². The summed E-state index contributed by atoms with van der Waals surface area (Å²) in [5.41, 5.74) is -1.12. The van der Waals surface area contributed by atoms with Crippen molar-refractivity contribution in [3.63, 3.8) is 0 Å². The number of carbonyl (C=O) groups excluding carboxylic acids is 1. The zero-order valence-corrected chi connectivity index (χ0v) is 12.1. The quantitative estimate of drug-likeness (QED) is 0.718. The molecule has 6 heteroatoms. The molecule has 2 fully saturated rings. The summed E-state index contributed by atoms with van der Waals surface area (Å²) in [5, 5.41) is 14.7. The third kappa shape index (κ3) is 3.78. The van der Waals surface area contributed by atoms with E-state index in [1.807, 2.05) is 11.8 Å². The van der Waals surface area contributed by atoms with Gasteiger partial charge in [0.25, 0.3) is 0 Å². The SMILES string of the molecule is CC(NC(=O)NCC1CCSCC1)(C(=O)O)C1CC1. The van der Waals surface area contributed by atoms with Gasteiger partial charge in [-0.1, -0.05) is 0 Å². The minimum absolute atomic E-state index is 0.0711.